The highest BCUT2D eigenvalue weighted by molar-refractivity contribution is 7.13. The van der Waals surface area contributed by atoms with Gasteiger partial charge in [-0.3, -0.25) is 4.79 Å². The van der Waals surface area contributed by atoms with Crippen LogP contribution < -0.4 is 0 Å². The van der Waals surface area contributed by atoms with E-state index in [1.807, 2.05) is 11.5 Å². The van der Waals surface area contributed by atoms with Crippen LogP contribution in [0.5, 0.6) is 0 Å². The summed E-state index contributed by atoms with van der Waals surface area (Å²) in [5, 5.41) is 10.7. The number of benzene rings is 2. The number of carbonyl (C=O) groups excluding carboxylic acids is 1. The second kappa shape index (κ2) is 7.86. The van der Waals surface area contributed by atoms with Crippen LogP contribution in [-0.4, -0.2) is 37.1 Å². The van der Waals surface area contributed by atoms with Gasteiger partial charge in [0, 0.05) is 35.7 Å². The molecule has 1 aliphatic heterocycles. The lowest BCUT2D eigenvalue weighted by Crippen LogP contribution is -2.41. The third-order valence-electron chi connectivity index (χ3n) is 5.43. The Morgan fingerprint density at radius 2 is 1.78 bits per heavy atom. The molecule has 1 aliphatic rings. The fourth-order valence-electron chi connectivity index (χ4n) is 3.77. The minimum absolute atomic E-state index is 0.212. The predicted molar refractivity (Wildman–Crippen MR) is 112 cm³/mol. The number of nitrogens with zero attached hydrogens (tertiary/aromatic N) is 5. The lowest BCUT2D eigenvalue weighted by Gasteiger charge is -2.33. The van der Waals surface area contributed by atoms with Gasteiger partial charge in [0.1, 0.15) is 28.2 Å². The quantitative estimate of drug-likeness (QED) is 0.449. The smallest absolute Gasteiger partial charge is 0.254 e. The topological polar surface area (TPSA) is 63.9 Å². The van der Waals surface area contributed by atoms with Crippen LogP contribution in [0.15, 0.2) is 47.8 Å². The van der Waals surface area contributed by atoms with Crippen LogP contribution in [0.2, 0.25) is 0 Å². The van der Waals surface area contributed by atoms with E-state index in [9.17, 15) is 18.0 Å². The molecule has 0 radical (unpaired) electrons. The summed E-state index contributed by atoms with van der Waals surface area (Å²) in [4.78, 5) is 19.0. The summed E-state index contributed by atoms with van der Waals surface area (Å²) in [7, 11) is 0. The van der Waals surface area contributed by atoms with Crippen molar-refractivity contribution in [2.24, 2.45) is 0 Å². The Morgan fingerprint density at radius 3 is 2.53 bits per heavy atom. The zero-order valence-corrected chi connectivity index (χ0v) is 17.6. The van der Waals surface area contributed by atoms with Gasteiger partial charge in [0.05, 0.1) is 6.04 Å². The van der Waals surface area contributed by atoms with Crippen molar-refractivity contribution < 1.29 is 18.0 Å². The number of rotatable bonds is 3. The molecule has 0 saturated carbocycles. The summed E-state index contributed by atoms with van der Waals surface area (Å²) in [6.07, 6.45) is 0. The van der Waals surface area contributed by atoms with Crippen LogP contribution >= 0.6 is 11.3 Å². The molecule has 10 heteroatoms. The number of fused-ring (bicyclic) bond motifs is 1. The Kier molecular flexibility index (Phi) is 5.01. The van der Waals surface area contributed by atoms with Gasteiger partial charge in [-0.05, 0) is 43.3 Å². The molecule has 1 amide bonds. The molecule has 3 heterocycles. The second-order valence-corrected chi connectivity index (χ2v) is 8.24. The molecule has 0 unspecified atom stereocenters. The standard InChI is InChI=1S/C22H16F3N5OS/c1-12-19-27-28-20(18-11-32-21(26-18)16-7-6-15(24)10-17(16)25)30(19)9-8-29(12)22(31)13-2-4-14(23)5-3-13/h2-7,10-12H,8-9H2,1H3/t12-/m1/s1. The van der Waals surface area contributed by atoms with Crippen molar-refractivity contribution in [1.82, 2.24) is 24.6 Å². The van der Waals surface area contributed by atoms with Crippen molar-refractivity contribution >= 4 is 17.2 Å². The van der Waals surface area contributed by atoms with Crippen LogP contribution in [0.25, 0.3) is 22.1 Å². The van der Waals surface area contributed by atoms with E-state index in [0.29, 0.717) is 41.0 Å². The van der Waals surface area contributed by atoms with Crippen molar-refractivity contribution in [1.29, 1.82) is 0 Å². The van der Waals surface area contributed by atoms with Crippen molar-refractivity contribution in [3.8, 4) is 22.1 Å². The van der Waals surface area contributed by atoms with Crippen LogP contribution in [0.4, 0.5) is 13.2 Å². The number of hydrogen-bond acceptors (Lipinski definition) is 5. The second-order valence-electron chi connectivity index (χ2n) is 7.38. The largest absolute Gasteiger partial charge is 0.327 e. The van der Waals surface area contributed by atoms with Gasteiger partial charge < -0.3 is 9.47 Å². The summed E-state index contributed by atoms with van der Waals surface area (Å²) in [5.74, 6) is -0.826. The van der Waals surface area contributed by atoms with E-state index in [2.05, 4.69) is 15.2 Å². The molecule has 0 aliphatic carbocycles. The summed E-state index contributed by atoms with van der Waals surface area (Å²) in [5.41, 5.74) is 1.14. The fourth-order valence-corrected chi connectivity index (χ4v) is 4.60. The molecule has 0 fully saturated rings. The number of amides is 1. The first-order chi connectivity index (χ1) is 15.4. The molecule has 162 valence electrons. The SMILES string of the molecule is C[C@@H]1c2nnc(-c3csc(-c4ccc(F)cc4F)n3)n2CCN1C(=O)c1ccc(F)cc1. The maximum Gasteiger partial charge on any atom is 0.254 e. The van der Waals surface area contributed by atoms with Crippen LogP contribution in [0.1, 0.15) is 29.1 Å². The number of aromatic nitrogens is 4. The van der Waals surface area contributed by atoms with Gasteiger partial charge in [0.25, 0.3) is 5.91 Å². The molecule has 32 heavy (non-hydrogen) atoms. The summed E-state index contributed by atoms with van der Waals surface area (Å²) in [6, 6.07) is 8.44. The first-order valence-electron chi connectivity index (χ1n) is 9.83. The molecule has 0 N–H and O–H groups in total. The first-order valence-corrected chi connectivity index (χ1v) is 10.7. The van der Waals surface area contributed by atoms with Crippen LogP contribution in [-0.2, 0) is 6.54 Å². The van der Waals surface area contributed by atoms with E-state index >= 15 is 0 Å². The fraction of sp³-hybridized carbons (Fsp3) is 0.182. The van der Waals surface area contributed by atoms with E-state index < -0.39 is 17.5 Å². The molecule has 0 bridgehead atoms. The number of halogens is 3. The maximum absolute atomic E-state index is 14.1. The zero-order valence-electron chi connectivity index (χ0n) is 16.8. The minimum atomic E-state index is -0.683. The molecule has 0 spiro atoms. The lowest BCUT2D eigenvalue weighted by molar-refractivity contribution is 0.0638. The van der Waals surface area contributed by atoms with Gasteiger partial charge >= 0.3 is 0 Å². The Hall–Kier alpha value is -3.53. The van der Waals surface area contributed by atoms with E-state index in [4.69, 9.17) is 0 Å². The summed E-state index contributed by atoms with van der Waals surface area (Å²) in [6.45, 7) is 2.72. The maximum atomic E-state index is 14.1. The molecule has 1 atom stereocenters. The number of thiazole rings is 1. The predicted octanol–water partition coefficient (Wildman–Crippen LogP) is 4.70. The molecule has 5 rings (SSSR count). The van der Waals surface area contributed by atoms with Gasteiger partial charge in [0.2, 0.25) is 0 Å². The highest BCUT2D eigenvalue weighted by Gasteiger charge is 2.32. The number of carbonyl (C=O) groups is 1. The molecule has 2 aromatic carbocycles. The average Bonchev–Trinajstić information content (AvgIpc) is 3.41. The number of hydrogen-bond donors (Lipinski definition) is 0. The minimum Gasteiger partial charge on any atom is -0.327 e. The highest BCUT2D eigenvalue weighted by atomic mass is 32.1. The van der Waals surface area contributed by atoms with Gasteiger partial charge in [0.15, 0.2) is 11.6 Å². The van der Waals surface area contributed by atoms with Crippen LogP contribution in [0.3, 0.4) is 0 Å². The van der Waals surface area contributed by atoms with Crippen molar-refractivity contribution in [2.75, 3.05) is 6.54 Å². The van der Waals surface area contributed by atoms with Crippen molar-refractivity contribution in [2.45, 2.75) is 19.5 Å². The van der Waals surface area contributed by atoms with E-state index in [0.717, 1.165) is 6.07 Å². The molecular formula is C22H16F3N5OS. The molecule has 4 aromatic rings. The first kappa shape index (κ1) is 20.4. The average molecular weight is 455 g/mol. The van der Waals surface area contributed by atoms with Crippen molar-refractivity contribution in [3.05, 3.63) is 76.7 Å². The summed E-state index contributed by atoms with van der Waals surface area (Å²) < 4.78 is 42.4. The van der Waals surface area contributed by atoms with Gasteiger partial charge in [-0.1, -0.05) is 0 Å². The lowest BCUT2D eigenvalue weighted by atomic mass is 10.1. The monoisotopic (exact) mass is 455 g/mol. The molecule has 2 aromatic heterocycles. The normalized spacial score (nSPS) is 15.6. The molecule has 6 nitrogen and oxygen atoms in total. The van der Waals surface area contributed by atoms with Gasteiger partial charge in [-0.15, -0.1) is 21.5 Å². The van der Waals surface area contributed by atoms with Crippen LogP contribution in [0, 0.1) is 17.5 Å². The molecular weight excluding hydrogens is 439 g/mol. The Bertz CT molecular complexity index is 1320. The highest BCUT2D eigenvalue weighted by Crippen LogP contribution is 2.33. The summed E-state index contributed by atoms with van der Waals surface area (Å²) >= 11 is 1.23. The molecule has 0 saturated heterocycles. The van der Waals surface area contributed by atoms with E-state index in [1.165, 1.54) is 47.7 Å². The third-order valence-corrected chi connectivity index (χ3v) is 6.31. The van der Waals surface area contributed by atoms with E-state index in [-0.39, 0.29) is 17.5 Å². The Balaban J connectivity index is 1.42. The van der Waals surface area contributed by atoms with E-state index in [1.54, 1.807) is 10.3 Å². The van der Waals surface area contributed by atoms with Crippen molar-refractivity contribution in [3.63, 3.8) is 0 Å². The Labute approximate surface area is 185 Å². The van der Waals surface area contributed by atoms with Gasteiger partial charge in [-0.25, -0.2) is 18.2 Å². The Morgan fingerprint density at radius 1 is 1.03 bits per heavy atom. The third kappa shape index (κ3) is 3.46. The van der Waals surface area contributed by atoms with Gasteiger partial charge in [-0.2, -0.15) is 0 Å². The zero-order chi connectivity index (χ0) is 22.4.